The molecule has 0 bridgehead atoms. The van der Waals surface area contributed by atoms with E-state index < -0.39 is 12.7 Å². The molecule has 4 nitrogen and oxygen atoms in total. The molecule has 0 aliphatic rings. The first kappa shape index (κ1) is 18.4. The molecule has 0 N–H and O–H groups in total. The van der Waals surface area contributed by atoms with Crippen molar-refractivity contribution >= 4 is 38.5 Å². The Bertz CT molecular complexity index is 2040. The first-order valence-corrected chi connectivity index (χ1v) is 11.3. The second kappa shape index (κ2) is 9.29. The Kier molecular flexibility index (Phi) is 4.75. The number of nitrogens with zero attached hydrogens (tertiary/aromatic N) is 4. The van der Waals surface area contributed by atoms with Gasteiger partial charge in [0.1, 0.15) is 5.65 Å². The van der Waals surface area contributed by atoms with Gasteiger partial charge in [-0.3, -0.25) is 0 Å². The van der Waals surface area contributed by atoms with Crippen molar-refractivity contribution in [3.8, 4) is 11.3 Å². The normalized spacial score (nSPS) is 13.8. The fourth-order valence-corrected chi connectivity index (χ4v) is 4.51. The smallest absolute Gasteiger partial charge is 0.335 e. The van der Waals surface area contributed by atoms with E-state index in [0.717, 1.165) is 27.6 Å². The van der Waals surface area contributed by atoms with Gasteiger partial charge in [0.05, 0.1) is 11.0 Å². The van der Waals surface area contributed by atoms with E-state index >= 15 is 0 Å². The second-order valence-corrected chi connectivity index (χ2v) is 8.23. The molecule has 7 rings (SSSR count). The number of aromatic nitrogens is 4. The van der Waals surface area contributed by atoms with E-state index in [1.807, 2.05) is 52.9 Å². The number of fused-ring (bicyclic) bond motifs is 8. The number of hydrogen-bond donors (Lipinski definition) is 0. The van der Waals surface area contributed by atoms with Crippen molar-refractivity contribution in [2.45, 2.75) is 12.7 Å². The quantitative estimate of drug-likeness (QED) is 0.159. The van der Waals surface area contributed by atoms with Crippen molar-refractivity contribution in [2.24, 2.45) is 0 Å². The van der Waals surface area contributed by atoms with Gasteiger partial charge in [0.15, 0.2) is 0 Å². The maximum atomic E-state index is 9.02. The molecule has 36 heavy (non-hydrogen) atoms. The molecule has 0 unspecified atom stereocenters. The summed E-state index contributed by atoms with van der Waals surface area (Å²) in [6.45, 7) is 0. The third-order valence-electron chi connectivity index (χ3n) is 6.08. The third-order valence-corrected chi connectivity index (χ3v) is 6.08. The zero-order valence-electron chi connectivity index (χ0n) is 22.8. The van der Waals surface area contributed by atoms with Gasteiger partial charge in [-0.15, -0.1) is 64.5 Å². The van der Waals surface area contributed by atoms with Gasteiger partial charge in [0.25, 0.3) is 0 Å². The largest absolute Gasteiger partial charge is 2.00 e. The van der Waals surface area contributed by atoms with Gasteiger partial charge in [-0.25, -0.2) is 4.98 Å². The van der Waals surface area contributed by atoms with Gasteiger partial charge >= 0.3 is 21.1 Å². The fraction of sp³-hybridized carbons (Fsp3) is 0.0645. The maximum absolute atomic E-state index is 9.02. The van der Waals surface area contributed by atoms with Crippen LogP contribution in [0.3, 0.4) is 0 Å². The van der Waals surface area contributed by atoms with Crippen LogP contribution in [0.25, 0.3) is 49.7 Å². The molecule has 0 fully saturated rings. The monoisotopic (exact) mass is 647 g/mol. The Morgan fingerprint density at radius 1 is 0.722 bits per heavy atom. The number of hydrogen-bond acceptors (Lipinski definition) is 3. The van der Waals surface area contributed by atoms with Crippen LogP contribution in [0, 0.1) is 12.1 Å². The summed E-state index contributed by atoms with van der Waals surface area (Å²) in [4.78, 5) is 13.8. The molecule has 0 aliphatic carbocycles. The minimum Gasteiger partial charge on any atom is -0.335 e. The van der Waals surface area contributed by atoms with Crippen LogP contribution in [0.1, 0.15) is 16.6 Å². The van der Waals surface area contributed by atoms with Crippen molar-refractivity contribution in [1.29, 1.82) is 0 Å². The number of imidazole rings is 1. The molecule has 0 amide bonds. The average Bonchev–Trinajstić information content (AvgIpc) is 3.37. The molecule has 3 aromatic carbocycles. The molecular weight excluding hydrogens is 623 g/mol. The van der Waals surface area contributed by atoms with Crippen molar-refractivity contribution in [3.05, 3.63) is 121 Å². The van der Waals surface area contributed by atoms with Crippen LogP contribution in [0.5, 0.6) is 0 Å². The summed E-state index contributed by atoms with van der Waals surface area (Å²) >= 11 is 0. The first-order chi connectivity index (χ1) is 18.9. The summed E-state index contributed by atoms with van der Waals surface area (Å²) in [5, 5.41) is 1.42. The van der Waals surface area contributed by atoms with Crippen molar-refractivity contribution < 1.29 is 26.5 Å². The van der Waals surface area contributed by atoms with Gasteiger partial charge < -0.3 is 14.4 Å². The number of aryl methyl sites for hydroxylation is 2. The average molecular weight is 648 g/mol. The summed E-state index contributed by atoms with van der Waals surface area (Å²) in [7, 11) is 0. The zero-order chi connectivity index (χ0) is 26.8. The molecule has 0 radical (unpaired) electrons. The minimum absolute atomic E-state index is 0. The molecule has 7 aromatic rings. The Labute approximate surface area is 228 Å². The van der Waals surface area contributed by atoms with E-state index in [-0.39, 0.29) is 32.2 Å². The summed E-state index contributed by atoms with van der Waals surface area (Å²) < 4.78 is 37.9. The predicted molar refractivity (Wildman–Crippen MR) is 140 cm³/mol. The van der Waals surface area contributed by atoms with Crippen LogP contribution >= 0.6 is 0 Å². The first-order valence-electron chi connectivity index (χ1n) is 13.3. The van der Waals surface area contributed by atoms with E-state index in [9.17, 15) is 0 Å². The molecule has 0 saturated heterocycles. The van der Waals surface area contributed by atoms with Crippen LogP contribution in [0.2, 0.25) is 0 Å². The van der Waals surface area contributed by atoms with E-state index in [4.69, 9.17) is 10.5 Å². The topological polar surface area (TPSA) is 43.1 Å². The predicted octanol–water partition coefficient (Wildman–Crippen LogP) is 6.63. The Hall–Kier alpha value is -3.88. The molecular formula is C31H20N4Pt. The molecule has 0 spiro atoms. The van der Waals surface area contributed by atoms with E-state index in [2.05, 4.69) is 22.1 Å². The SMILES string of the molecule is [2H]C([2H])(c1[c-]c(-c2ccccn2)ccc1)C([2H])([2H])c1[c-]c2c3ncccc3c3nc4ccccc4n3c2cc1.[Pt+2]. The van der Waals surface area contributed by atoms with Crippen LogP contribution in [0.15, 0.2) is 97.3 Å². The van der Waals surface area contributed by atoms with E-state index in [0.29, 0.717) is 22.2 Å². The van der Waals surface area contributed by atoms with Crippen molar-refractivity contribution in [2.75, 3.05) is 0 Å². The molecule has 4 heterocycles. The number of rotatable bonds is 4. The second-order valence-electron chi connectivity index (χ2n) is 8.23. The summed E-state index contributed by atoms with van der Waals surface area (Å²) in [6.07, 6.45) is -1.51. The van der Waals surface area contributed by atoms with Crippen LogP contribution in [-0.2, 0) is 33.8 Å². The fourth-order valence-electron chi connectivity index (χ4n) is 4.51. The van der Waals surface area contributed by atoms with E-state index in [1.165, 1.54) is 0 Å². The molecule has 0 atom stereocenters. The van der Waals surface area contributed by atoms with Crippen LogP contribution in [0.4, 0.5) is 0 Å². The molecule has 4 aromatic heterocycles. The van der Waals surface area contributed by atoms with Gasteiger partial charge in [-0.1, -0.05) is 30.3 Å². The van der Waals surface area contributed by atoms with Gasteiger partial charge in [0.2, 0.25) is 0 Å². The minimum atomic E-state index is -2.44. The number of para-hydroxylation sites is 2. The summed E-state index contributed by atoms with van der Waals surface area (Å²) in [5.41, 5.74) is 5.36. The Morgan fingerprint density at radius 3 is 2.44 bits per heavy atom. The van der Waals surface area contributed by atoms with Crippen molar-refractivity contribution in [1.82, 2.24) is 19.4 Å². The molecule has 0 aliphatic heterocycles. The maximum Gasteiger partial charge on any atom is 2.00 e. The van der Waals surface area contributed by atoms with Crippen molar-refractivity contribution in [3.63, 3.8) is 0 Å². The van der Waals surface area contributed by atoms with Crippen LogP contribution < -0.4 is 0 Å². The Balaban J connectivity index is 0.00000289. The van der Waals surface area contributed by atoms with Gasteiger partial charge in [0, 0.05) is 28.8 Å². The number of pyridine rings is 3. The van der Waals surface area contributed by atoms with Crippen LogP contribution in [-0.4, -0.2) is 19.4 Å². The molecule has 0 saturated carbocycles. The zero-order valence-corrected chi connectivity index (χ0v) is 21.1. The van der Waals surface area contributed by atoms with Gasteiger partial charge in [-0.2, -0.15) is 0 Å². The standard InChI is InChI=1S/C31H20N4.Pt/c1-2-12-29-27(11-1)34-31-24-9-6-18-33-30(24)25-20-22(15-16-28(25)35(29)31)14-13-21-7-5-8-23(19-21)26-10-3-4-17-32-26;/h1-12,15-18H,13-14H2;/q-2;+2/i13D2,14D2;. The van der Waals surface area contributed by atoms with E-state index in [1.54, 1.807) is 48.8 Å². The van der Waals surface area contributed by atoms with Gasteiger partial charge in [-0.05, 0) is 48.2 Å². The molecule has 5 heteroatoms. The number of benzene rings is 3. The molecule has 174 valence electrons. The summed E-state index contributed by atoms with van der Waals surface area (Å²) in [6, 6.07) is 31.9. The Morgan fingerprint density at radius 2 is 1.56 bits per heavy atom. The summed E-state index contributed by atoms with van der Waals surface area (Å²) in [5.74, 6) is 0. The third kappa shape index (κ3) is 3.79.